The van der Waals surface area contributed by atoms with Gasteiger partial charge in [0, 0.05) is 6.92 Å². The first-order chi connectivity index (χ1) is 5.11. The lowest BCUT2D eigenvalue weighted by Crippen LogP contribution is -1.86. The molecule has 0 aliphatic rings. The normalized spacial score (nSPS) is 9.64. The maximum absolute atomic E-state index is 10.8. The highest BCUT2D eigenvalue weighted by molar-refractivity contribution is 5.91. The van der Waals surface area contributed by atoms with E-state index in [0.29, 0.717) is 11.5 Å². The third-order valence-electron chi connectivity index (χ3n) is 1.37. The third-order valence-corrected chi connectivity index (χ3v) is 1.37. The molecular formula is C9H10O2. The van der Waals surface area contributed by atoms with Crippen molar-refractivity contribution in [2.24, 2.45) is 0 Å². The van der Waals surface area contributed by atoms with Gasteiger partial charge in [-0.25, -0.2) is 0 Å². The highest BCUT2D eigenvalue weighted by atomic mass is 16.3. The van der Waals surface area contributed by atoms with Crippen molar-refractivity contribution in [3.05, 3.63) is 30.2 Å². The Bertz CT molecular complexity index is 266. The van der Waals surface area contributed by atoms with Gasteiger partial charge in [0.2, 0.25) is 0 Å². The molecule has 0 aromatic carbocycles. The van der Waals surface area contributed by atoms with Crippen LogP contribution in [0.5, 0.6) is 0 Å². The number of furan rings is 1. The predicted octanol–water partition coefficient (Wildman–Crippen LogP) is 2.52. The van der Waals surface area contributed by atoms with Crippen molar-refractivity contribution in [3.63, 3.8) is 0 Å². The standard InChI is InChI=1S/C9H10O2/c1-6(2)8-4-5-9(11-8)7(3)10/h4-5H,1H2,2-3H3. The molecule has 0 fully saturated rings. The molecule has 0 saturated carbocycles. The molecule has 0 aliphatic heterocycles. The van der Waals surface area contributed by atoms with E-state index in [2.05, 4.69) is 6.58 Å². The summed E-state index contributed by atoms with van der Waals surface area (Å²) in [6.45, 7) is 7.00. The lowest BCUT2D eigenvalue weighted by atomic mass is 10.3. The third kappa shape index (κ3) is 1.58. The van der Waals surface area contributed by atoms with Crippen molar-refractivity contribution in [2.45, 2.75) is 13.8 Å². The van der Waals surface area contributed by atoms with E-state index >= 15 is 0 Å². The van der Waals surface area contributed by atoms with Gasteiger partial charge in [-0.15, -0.1) is 0 Å². The highest BCUT2D eigenvalue weighted by Crippen LogP contribution is 2.15. The summed E-state index contributed by atoms with van der Waals surface area (Å²) in [5.41, 5.74) is 0.831. The molecule has 11 heavy (non-hydrogen) atoms. The Morgan fingerprint density at radius 1 is 1.36 bits per heavy atom. The fraction of sp³-hybridized carbons (Fsp3) is 0.222. The van der Waals surface area contributed by atoms with Gasteiger partial charge in [0.05, 0.1) is 0 Å². The van der Waals surface area contributed by atoms with E-state index in [9.17, 15) is 4.79 Å². The van der Waals surface area contributed by atoms with Crippen LogP contribution in [0.2, 0.25) is 0 Å². The second-order valence-electron chi connectivity index (χ2n) is 2.50. The molecule has 0 radical (unpaired) electrons. The number of carbonyl (C=O) groups excluding carboxylic acids is 1. The van der Waals surface area contributed by atoms with Crippen LogP contribution in [0, 0.1) is 0 Å². The second kappa shape index (κ2) is 2.74. The van der Waals surface area contributed by atoms with Crippen LogP contribution >= 0.6 is 0 Å². The van der Waals surface area contributed by atoms with Crippen molar-refractivity contribution in [3.8, 4) is 0 Å². The van der Waals surface area contributed by atoms with Crippen LogP contribution in [0.1, 0.15) is 30.2 Å². The molecule has 0 aliphatic carbocycles. The minimum Gasteiger partial charge on any atom is -0.453 e. The van der Waals surface area contributed by atoms with Gasteiger partial charge in [-0.2, -0.15) is 0 Å². The molecule has 0 bridgehead atoms. The molecular weight excluding hydrogens is 140 g/mol. The number of Topliss-reactive ketones (excluding diaryl/α,β-unsaturated/α-hetero) is 1. The summed E-state index contributed by atoms with van der Waals surface area (Å²) < 4.78 is 5.16. The molecule has 0 atom stereocenters. The molecule has 1 heterocycles. The van der Waals surface area contributed by atoms with Gasteiger partial charge >= 0.3 is 0 Å². The summed E-state index contributed by atoms with van der Waals surface area (Å²) in [7, 11) is 0. The lowest BCUT2D eigenvalue weighted by Gasteiger charge is -1.90. The van der Waals surface area contributed by atoms with Gasteiger partial charge in [-0.3, -0.25) is 4.79 Å². The van der Waals surface area contributed by atoms with Gasteiger partial charge in [0.15, 0.2) is 11.5 Å². The SMILES string of the molecule is C=C(C)c1ccc(C(C)=O)o1. The summed E-state index contributed by atoms with van der Waals surface area (Å²) in [5.74, 6) is 1.01. The molecule has 0 spiro atoms. The van der Waals surface area contributed by atoms with E-state index in [-0.39, 0.29) is 5.78 Å². The summed E-state index contributed by atoms with van der Waals surface area (Å²) in [5, 5.41) is 0. The number of allylic oxidation sites excluding steroid dienone is 1. The Labute approximate surface area is 65.5 Å². The van der Waals surface area contributed by atoms with Gasteiger partial charge in [0.1, 0.15) is 5.76 Å². The Balaban J connectivity index is 2.99. The zero-order valence-electron chi connectivity index (χ0n) is 6.68. The van der Waals surface area contributed by atoms with Crippen molar-refractivity contribution < 1.29 is 9.21 Å². The predicted molar refractivity (Wildman–Crippen MR) is 43.4 cm³/mol. The maximum atomic E-state index is 10.8. The second-order valence-corrected chi connectivity index (χ2v) is 2.50. The van der Waals surface area contributed by atoms with Crippen molar-refractivity contribution in [2.75, 3.05) is 0 Å². The molecule has 0 saturated heterocycles. The van der Waals surface area contributed by atoms with Crippen molar-refractivity contribution >= 4 is 11.4 Å². The van der Waals surface area contributed by atoms with Gasteiger partial charge in [-0.05, 0) is 24.6 Å². The number of hydrogen-bond acceptors (Lipinski definition) is 2. The Hall–Kier alpha value is -1.31. The first-order valence-electron chi connectivity index (χ1n) is 3.38. The van der Waals surface area contributed by atoms with Crippen LogP contribution in [0.4, 0.5) is 0 Å². The van der Waals surface area contributed by atoms with Crippen LogP contribution in [-0.4, -0.2) is 5.78 Å². The zero-order valence-corrected chi connectivity index (χ0v) is 6.68. The molecule has 1 aromatic rings. The van der Waals surface area contributed by atoms with Crippen molar-refractivity contribution in [1.82, 2.24) is 0 Å². The Morgan fingerprint density at radius 3 is 2.18 bits per heavy atom. The number of ketones is 1. The van der Waals surface area contributed by atoms with Crippen LogP contribution in [0.25, 0.3) is 5.57 Å². The summed E-state index contributed by atoms with van der Waals surface area (Å²) >= 11 is 0. The lowest BCUT2D eigenvalue weighted by molar-refractivity contribution is 0.0987. The van der Waals surface area contributed by atoms with E-state index in [1.165, 1.54) is 6.92 Å². The Kier molecular flexibility index (Phi) is 1.94. The van der Waals surface area contributed by atoms with Crippen LogP contribution < -0.4 is 0 Å². The molecule has 0 unspecified atom stereocenters. The molecule has 1 aromatic heterocycles. The highest BCUT2D eigenvalue weighted by Gasteiger charge is 2.05. The molecule has 58 valence electrons. The number of hydrogen-bond donors (Lipinski definition) is 0. The Morgan fingerprint density at radius 2 is 1.91 bits per heavy atom. The molecule has 0 amide bonds. The van der Waals surface area contributed by atoms with Gasteiger partial charge < -0.3 is 4.42 Å². The molecule has 2 nitrogen and oxygen atoms in total. The average Bonchev–Trinajstić information content (AvgIpc) is 2.33. The summed E-state index contributed by atoms with van der Waals surface area (Å²) in [6.07, 6.45) is 0. The van der Waals surface area contributed by atoms with Crippen LogP contribution in [0.15, 0.2) is 23.1 Å². The first kappa shape index (κ1) is 7.79. The molecule has 2 heteroatoms. The minimum absolute atomic E-state index is 0.0579. The minimum atomic E-state index is -0.0579. The summed E-state index contributed by atoms with van der Waals surface area (Å²) in [6, 6.07) is 3.41. The van der Waals surface area contributed by atoms with E-state index in [0.717, 1.165) is 5.57 Å². The van der Waals surface area contributed by atoms with Crippen LogP contribution in [0.3, 0.4) is 0 Å². The zero-order chi connectivity index (χ0) is 8.43. The van der Waals surface area contributed by atoms with E-state index in [1.54, 1.807) is 12.1 Å². The average molecular weight is 150 g/mol. The smallest absolute Gasteiger partial charge is 0.194 e. The van der Waals surface area contributed by atoms with E-state index in [4.69, 9.17) is 4.42 Å². The van der Waals surface area contributed by atoms with Gasteiger partial charge in [-0.1, -0.05) is 6.58 Å². The molecule has 0 N–H and O–H groups in total. The van der Waals surface area contributed by atoms with E-state index < -0.39 is 0 Å². The van der Waals surface area contributed by atoms with E-state index in [1.807, 2.05) is 6.92 Å². The van der Waals surface area contributed by atoms with Crippen molar-refractivity contribution in [1.29, 1.82) is 0 Å². The quantitative estimate of drug-likeness (QED) is 0.606. The van der Waals surface area contributed by atoms with Crippen LogP contribution in [-0.2, 0) is 0 Å². The first-order valence-corrected chi connectivity index (χ1v) is 3.38. The summed E-state index contributed by atoms with van der Waals surface area (Å²) in [4.78, 5) is 10.8. The fourth-order valence-electron chi connectivity index (χ4n) is 0.756. The topological polar surface area (TPSA) is 30.2 Å². The number of rotatable bonds is 2. The largest absolute Gasteiger partial charge is 0.453 e. The number of carbonyl (C=O) groups is 1. The monoisotopic (exact) mass is 150 g/mol. The fourth-order valence-corrected chi connectivity index (χ4v) is 0.756. The van der Waals surface area contributed by atoms with Gasteiger partial charge in [0.25, 0.3) is 0 Å². The maximum Gasteiger partial charge on any atom is 0.194 e. The molecule has 1 rings (SSSR count).